The second kappa shape index (κ2) is 10.7. The molecule has 0 aliphatic carbocycles. The van der Waals surface area contributed by atoms with Crippen LogP contribution in [0.1, 0.15) is 29.6 Å². The number of nitrogens with two attached hydrogens (primary N) is 1. The minimum absolute atomic E-state index is 0.0199. The van der Waals surface area contributed by atoms with Gasteiger partial charge in [-0.3, -0.25) is 9.69 Å². The second-order valence-corrected chi connectivity index (χ2v) is 7.60. The average Bonchev–Trinajstić information content (AvgIpc) is 2.78. The summed E-state index contributed by atoms with van der Waals surface area (Å²) < 4.78 is 5.47. The van der Waals surface area contributed by atoms with Crippen molar-refractivity contribution in [2.75, 3.05) is 50.1 Å². The number of ether oxygens (including phenoxy) is 1. The van der Waals surface area contributed by atoms with Gasteiger partial charge in [-0.05, 0) is 49.7 Å². The summed E-state index contributed by atoms with van der Waals surface area (Å²) in [6.45, 7) is 4.81. The lowest BCUT2D eigenvalue weighted by atomic mass is 10.0. The first-order valence-corrected chi connectivity index (χ1v) is 10.5. The number of benzene rings is 2. The molecular formula is C23H30N4O4. The molecule has 0 atom stereocenters. The van der Waals surface area contributed by atoms with Crippen molar-refractivity contribution in [3.05, 3.63) is 48.0 Å². The SMILES string of the molecule is COc1ccccc1N1CCN(CCCCC(=O)c2ccc(O)c(NC(N)=O)c2)CC1. The number of nitrogens with zero attached hydrogens (tertiary/aromatic N) is 2. The van der Waals surface area contributed by atoms with Crippen LogP contribution in [-0.2, 0) is 0 Å². The van der Waals surface area contributed by atoms with Gasteiger partial charge in [0.1, 0.15) is 11.5 Å². The van der Waals surface area contributed by atoms with E-state index in [9.17, 15) is 14.7 Å². The zero-order chi connectivity index (χ0) is 22.2. The first-order valence-electron chi connectivity index (χ1n) is 10.5. The summed E-state index contributed by atoms with van der Waals surface area (Å²) in [5.41, 5.74) is 6.81. The number of urea groups is 1. The number of para-hydroxylation sites is 2. The fourth-order valence-electron chi connectivity index (χ4n) is 3.81. The molecule has 0 bridgehead atoms. The molecule has 0 aromatic heterocycles. The van der Waals surface area contributed by atoms with E-state index in [0.29, 0.717) is 12.0 Å². The van der Waals surface area contributed by atoms with Crippen molar-refractivity contribution in [1.82, 2.24) is 4.90 Å². The number of unbranched alkanes of at least 4 members (excludes halogenated alkanes) is 1. The van der Waals surface area contributed by atoms with Gasteiger partial charge >= 0.3 is 6.03 Å². The van der Waals surface area contributed by atoms with Crippen LogP contribution < -0.4 is 20.7 Å². The molecule has 1 fully saturated rings. The molecule has 4 N–H and O–H groups in total. The smallest absolute Gasteiger partial charge is 0.316 e. The molecule has 3 rings (SSSR count). The lowest BCUT2D eigenvalue weighted by Gasteiger charge is -2.36. The molecule has 2 aromatic rings. The van der Waals surface area contributed by atoms with Crippen LogP contribution in [0.15, 0.2) is 42.5 Å². The van der Waals surface area contributed by atoms with E-state index in [0.717, 1.165) is 57.0 Å². The van der Waals surface area contributed by atoms with E-state index in [-0.39, 0.29) is 17.2 Å². The van der Waals surface area contributed by atoms with Crippen LogP contribution in [0.2, 0.25) is 0 Å². The van der Waals surface area contributed by atoms with Gasteiger partial charge in [-0.15, -0.1) is 0 Å². The van der Waals surface area contributed by atoms with Crippen molar-refractivity contribution >= 4 is 23.2 Å². The molecule has 1 saturated heterocycles. The zero-order valence-electron chi connectivity index (χ0n) is 17.8. The highest BCUT2D eigenvalue weighted by Gasteiger charge is 2.19. The van der Waals surface area contributed by atoms with Gasteiger partial charge in [-0.25, -0.2) is 4.79 Å². The molecule has 31 heavy (non-hydrogen) atoms. The third-order valence-corrected chi connectivity index (χ3v) is 5.50. The number of primary amides is 1. The normalized spacial score (nSPS) is 14.3. The van der Waals surface area contributed by atoms with Crippen LogP contribution in [0, 0.1) is 0 Å². The van der Waals surface area contributed by atoms with Crippen molar-refractivity contribution in [3.63, 3.8) is 0 Å². The fourth-order valence-corrected chi connectivity index (χ4v) is 3.81. The maximum atomic E-state index is 12.4. The third kappa shape index (κ3) is 6.11. The van der Waals surface area contributed by atoms with Gasteiger partial charge in [0.2, 0.25) is 0 Å². The molecule has 2 amide bonds. The minimum Gasteiger partial charge on any atom is -0.506 e. The Hall–Kier alpha value is -3.26. The van der Waals surface area contributed by atoms with Gasteiger partial charge < -0.3 is 25.8 Å². The van der Waals surface area contributed by atoms with Gasteiger partial charge in [0, 0.05) is 38.2 Å². The number of carbonyl (C=O) groups is 2. The van der Waals surface area contributed by atoms with E-state index in [4.69, 9.17) is 10.5 Å². The molecule has 166 valence electrons. The Labute approximate surface area is 182 Å². The standard InChI is InChI=1S/C23H30N4O4/c1-31-22-8-3-2-6-19(22)27-14-12-26(13-15-27)11-5-4-7-20(28)17-9-10-21(29)18(16-17)25-23(24)30/h2-3,6,8-10,16,29H,4-5,7,11-15H2,1H3,(H3,24,25,30). The van der Waals surface area contributed by atoms with Gasteiger partial charge in [-0.2, -0.15) is 0 Å². The van der Waals surface area contributed by atoms with Gasteiger partial charge in [0.05, 0.1) is 18.5 Å². The number of methoxy groups -OCH3 is 1. The maximum Gasteiger partial charge on any atom is 0.316 e. The van der Waals surface area contributed by atoms with E-state index in [1.54, 1.807) is 13.2 Å². The minimum atomic E-state index is -0.786. The number of hydrogen-bond acceptors (Lipinski definition) is 6. The summed E-state index contributed by atoms with van der Waals surface area (Å²) in [6, 6.07) is 11.7. The van der Waals surface area contributed by atoms with E-state index in [1.807, 2.05) is 18.2 Å². The highest BCUT2D eigenvalue weighted by Crippen LogP contribution is 2.28. The monoisotopic (exact) mass is 426 g/mol. The third-order valence-electron chi connectivity index (χ3n) is 5.50. The van der Waals surface area contributed by atoms with Gasteiger partial charge in [0.15, 0.2) is 5.78 Å². The molecule has 1 aliphatic rings. The van der Waals surface area contributed by atoms with Crippen molar-refractivity contribution in [2.45, 2.75) is 19.3 Å². The highest BCUT2D eigenvalue weighted by atomic mass is 16.5. The molecule has 8 nitrogen and oxygen atoms in total. The van der Waals surface area contributed by atoms with Crippen LogP contribution in [0.25, 0.3) is 0 Å². The molecule has 1 aliphatic heterocycles. The number of aromatic hydroxyl groups is 1. The Kier molecular flexibility index (Phi) is 7.72. The van der Waals surface area contributed by atoms with Crippen molar-refractivity contribution < 1.29 is 19.4 Å². The fraction of sp³-hybridized carbons (Fsp3) is 0.391. The van der Waals surface area contributed by atoms with Crippen LogP contribution >= 0.6 is 0 Å². The Morgan fingerprint density at radius 2 is 1.84 bits per heavy atom. The lowest BCUT2D eigenvalue weighted by Crippen LogP contribution is -2.46. The maximum absolute atomic E-state index is 12.4. The van der Waals surface area contributed by atoms with Crippen LogP contribution in [0.3, 0.4) is 0 Å². The number of rotatable bonds is 9. The molecule has 0 saturated carbocycles. The number of nitrogens with one attached hydrogen (secondary N) is 1. The highest BCUT2D eigenvalue weighted by molar-refractivity contribution is 5.99. The number of anilines is 2. The average molecular weight is 427 g/mol. The summed E-state index contributed by atoms with van der Waals surface area (Å²) in [4.78, 5) is 28.2. The Morgan fingerprint density at radius 1 is 1.10 bits per heavy atom. The topological polar surface area (TPSA) is 108 Å². The number of phenols is 1. The number of phenolic OH excluding ortho intramolecular Hbond substituents is 1. The zero-order valence-corrected chi connectivity index (χ0v) is 17.8. The van der Waals surface area contributed by atoms with Crippen molar-refractivity contribution in [3.8, 4) is 11.5 Å². The molecule has 2 aromatic carbocycles. The first kappa shape index (κ1) is 22.4. The predicted octanol–water partition coefficient (Wildman–Crippen LogP) is 3.07. The number of carbonyl (C=O) groups excluding carboxylic acids is 2. The molecular weight excluding hydrogens is 396 g/mol. The largest absolute Gasteiger partial charge is 0.506 e. The van der Waals surface area contributed by atoms with Crippen LogP contribution in [-0.4, -0.2) is 61.7 Å². The second-order valence-electron chi connectivity index (χ2n) is 7.60. The van der Waals surface area contributed by atoms with Crippen molar-refractivity contribution in [2.24, 2.45) is 5.73 Å². The van der Waals surface area contributed by atoms with Crippen molar-refractivity contribution in [1.29, 1.82) is 0 Å². The molecule has 0 radical (unpaired) electrons. The van der Waals surface area contributed by atoms with Crippen LogP contribution in [0.4, 0.5) is 16.2 Å². The molecule has 1 heterocycles. The lowest BCUT2D eigenvalue weighted by molar-refractivity contribution is 0.0977. The van der Waals surface area contributed by atoms with E-state index >= 15 is 0 Å². The van der Waals surface area contributed by atoms with Gasteiger partial charge in [-0.1, -0.05) is 12.1 Å². The van der Waals surface area contributed by atoms with Gasteiger partial charge in [0.25, 0.3) is 0 Å². The summed E-state index contributed by atoms with van der Waals surface area (Å²) in [7, 11) is 1.70. The summed E-state index contributed by atoms with van der Waals surface area (Å²) in [5, 5.41) is 12.1. The first-order chi connectivity index (χ1) is 15.0. The van der Waals surface area contributed by atoms with Crippen LogP contribution in [0.5, 0.6) is 11.5 Å². The number of ketones is 1. The van der Waals surface area contributed by atoms with E-state index < -0.39 is 6.03 Å². The number of piperazine rings is 1. The molecule has 0 unspecified atom stereocenters. The number of hydrogen-bond donors (Lipinski definition) is 3. The number of Topliss-reactive ketones (excluding diaryl/α,β-unsaturated/α-hetero) is 1. The Bertz CT molecular complexity index is 910. The summed E-state index contributed by atoms with van der Waals surface area (Å²) in [6.07, 6.45) is 2.14. The molecule has 0 spiro atoms. The predicted molar refractivity (Wildman–Crippen MR) is 121 cm³/mol. The number of amides is 2. The van der Waals surface area contributed by atoms with E-state index in [2.05, 4.69) is 21.2 Å². The summed E-state index contributed by atoms with van der Waals surface area (Å²) >= 11 is 0. The quantitative estimate of drug-likeness (QED) is 0.323. The molecule has 8 heteroatoms. The Balaban J connectivity index is 1.41. The van der Waals surface area contributed by atoms with E-state index in [1.165, 1.54) is 12.1 Å². The Morgan fingerprint density at radius 3 is 2.55 bits per heavy atom. The summed E-state index contributed by atoms with van der Waals surface area (Å²) in [5.74, 6) is 0.758.